The third-order valence-corrected chi connectivity index (χ3v) is 3.65. The van der Waals surface area contributed by atoms with Gasteiger partial charge in [-0.2, -0.15) is 5.10 Å². The molecule has 2 aromatic rings. The van der Waals surface area contributed by atoms with Crippen LogP contribution in [0.1, 0.15) is 27.0 Å². The van der Waals surface area contributed by atoms with Crippen LogP contribution >= 0.6 is 11.3 Å². The molecule has 2 rings (SSSR count). The summed E-state index contributed by atoms with van der Waals surface area (Å²) < 4.78 is 1.82. The monoisotopic (exact) mass is 263 g/mol. The molecule has 0 bridgehead atoms. The Kier molecular flexibility index (Phi) is 3.81. The maximum absolute atomic E-state index is 12.1. The van der Waals surface area contributed by atoms with Gasteiger partial charge in [0.1, 0.15) is 0 Å². The van der Waals surface area contributed by atoms with Gasteiger partial charge >= 0.3 is 0 Å². The average Bonchev–Trinajstić information content (AvgIpc) is 2.88. The van der Waals surface area contributed by atoms with E-state index in [0.717, 1.165) is 15.3 Å². The van der Waals surface area contributed by atoms with E-state index in [1.165, 1.54) is 0 Å². The standard InChI is InChI=1S/C13H17N3OS/c1-9(8-16-6-4-5-14-16)15-13(17)12-7-10(2)18-11(12)3/h4-7,9H,8H2,1-3H3,(H,15,17). The molecule has 2 aromatic heterocycles. The van der Waals surface area contributed by atoms with Gasteiger partial charge in [-0.05, 0) is 32.9 Å². The van der Waals surface area contributed by atoms with Gasteiger partial charge in [0.2, 0.25) is 0 Å². The minimum absolute atomic E-state index is 0.00324. The number of rotatable bonds is 4. The maximum atomic E-state index is 12.1. The zero-order chi connectivity index (χ0) is 13.1. The average molecular weight is 263 g/mol. The number of amides is 1. The van der Waals surface area contributed by atoms with Gasteiger partial charge in [-0.1, -0.05) is 0 Å². The normalized spacial score (nSPS) is 12.4. The zero-order valence-electron chi connectivity index (χ0n) is 10.8. The highest BCUT2D eigenvalue weighted by atomic mass is 32.1. The molecule has 0 fully saturated rings. The van der Waals surface area contributed by atoms with Crippen molar-refractivity contribution in [3.05, 3.63) is 39.8 Å². The van der Waals surface area contributed by atoms with E-state index in [9.17, 15) is 4.79 Å². The SMILES string of the molecule is Cc1cc(C(=O)NC(C)Cn2cccn2)c(C)s1. The van der Waals surface area contributed by atoms with E-state index in [1.807, 2.05) is 43.8 Å². The molecule has 0 radical (unpaired) electrons. The summed E-state index contributed by atoms with van der Waals surface area (Å²) in [6.45, 7) is 6.65. The van der Waals surface area contributed by atoms with Crippen molar-refractivity contribution in [2.75, 3.05) is 0 Å². The molecule has 5 heteroatoms. The van der Waals surface area contributed by atoms with Crippen LogP contribution in [0.5, 0.6) is 0 Å². The Hall–Kier alpha value is -1.62. The van der Waals surface area contributed by atoms with Crippen molar-refractivity contribution in [3.8, 4) is 0 Å². The molecule has 0 aliphatic carbocycles. The Morgan fingerprint density at radius 3 is 2.89 bits per heavy atom. The first kappa shape index (κ1) is 12.8. The van der Waals surface area contributed by atoms with E-state index < -0.39 is 0 Å². The number of carbonyl (C=O) groups excluding carboxylic acids is 1. The Morgan fingerprint density at radius 1 is 1.56 bits per heavy atom. The lowest BCUT2D eigenvalue weighted by atomic mass is 10.2. The first-order valence-corrected chi connectivity index (χ1v) is 6.73. The highest BCUT2D eigenvalue weighted by Crippen LogP contribution is 2.20. The molecular weight excluding hydrogens is 246 g/mol. The lowest BCUT2D eigenvalue weighted by Gasteiger charge is -2.13. The molecule has 1 amide bonds. The molecular formula is C13H17N3OS. The van der Waals surface area contributed by atoms with E-state index in [4.69, 9.17) is 0 Å². The van der Waals surface area contributed by atoms with Gasteiger partial charge in [-0.3, -0.25) is 9.48 Å². The molecule has 96 valence electrons. The third-order valence-electron chi connectivity index (χ3n) is 2.68. The van der Waals surface area contributed by atoms with Crippen LogP contribution < -0.4 is 5.32 Å². The summed E-state index contributed by atoms with van der Waals surface area (Å²) >= 11 is 1.65. The number of carbonyl (C=O) groups is 1. The smallest absolute Gasteiger partial charge is 0.252 e. The molecule has 2 heterocycles. The molecule has 0 saturated carbocycles. The number of hydrogen-bond acceptors (Lipinski definition) is 3. The molecule has 1 atom stereocenters. The molecule has 4 nitrogen and oxygen atoms in total. The molecule has 0 aliphatic rings. The maximum Gasteiger partial charge on any atom is 0.252 e. The molecule has 1 N–H and O–H groups in total. The molecule has 0 spiro atoms. The fourth-order valence-corrected chi connectivity index (χ4v) is 2.81. The van der Waals surface area contributed by atoms with Crippen LogP contribution in [0.25, 0.3) is 0 Å². The minimum Gasteiger partial charge on any atom is -0.348 e. The van der Waals surface area contributed by atoms with Crippen molar-refractivity contribution in [3.63, 3.8) is 0 Å². The second-order valence-corrected chi connectivity index (χ2v) is 5.89. The van der Waals surface area contributed by atoms with Crippen LogP contribution in [0.15, 0.2) is 24.5 Å². The zero-order valence-corrected chi connectivity index (χ0v) is 11.6. The molecule has 18 heavy (non-hydrogen) atoms. The van der Waals surface area contributed by atoms with E-state index >= 15 is 0 Å². The summed E-state index contributed by atoms with van der Waals surface area (Å²) in [5.41, 5.74) is 0.782. The predicted molar refractivity (Wildman–Crippen MR) is 72.9 cm³/mol. The fraction of sp³-hybridized carbons (Fsp3) is 0.385. The lowest BCUT2D eigenvalue weighted by molar-refractivity contribution is 0.0936. The Labute approximate surface area is 111 Å². The van der Waals surface area contributed by atoms with Gasteiger partial charge in [0.05, 0.1) is 12.1 Å². The molecule has 0 aliphatic heterocycles. The van der Waals surface area contributed by atoms with Crippen LogP contribution in [0, 0.1) is 13.8 Å². The fourth-order valence-electron chi connectivity index (χ4n) is 1.89. The number of aromatic nitrogens is 2. The predicted octanol–water partition coefficient (Wildman–Crippen LogP) is 2.38. The largest absolute Gasteiger partial charge is 0.348 e. The van der Waals surface area contributed by atoms with E-state index in [-0.39, 0.29) is 11.9 Å². The summed E-state index contributed by atoms with van der Waals surface area (Å²) in [7, 11) is 0. The van der Waals surface area contributed by atoms with Gasteiger partial charge in [0.25, 0.3) is 5.91 Å². The van der Waals surface area contributed by atoms with Gasteiger partial charge in [-0.15, -0.1) is 11.3 Å². The van der Waals surface area contributed by atoms with Crippen molar-refractivity contribution >= 4 is 17.2 Å². The summed E-state index contributed by atoms with van der Waals surface area (Å²) in [5.74, 6) is -0.00324. The van der Waals surface area contributed by atoms with Gasteiger partial charge in [0, 0.05) is 28.2 Å². The van der Waals surface area contributed by atoms with Gasteiger partial charge in [0.15, 0.2) is 0 Å². The van der Waals surface area contributed by atoms with Crippen molar-refractivity contribution in [2.45, 2.75) is 33.4 Å². The number of hydrogen-bond donors (Lipinski definition) is 1. The van der Waals surface area contributed by atoms with Crippen LogP contribution in [0.2, 0.25) is 0 Å². The van der Waals surface area contributed by atoms with Crippen LogP contribution in [-0.2, 0) is 6.54 Å². The Bertz CT molecular complexity index is 530. The highest BCUT2D eigenvalue weighted by molar-refractivity contribution is 7.12. The first-order valence-electron chi connectivity index (χ1n) is 5.91. The summed E-state index contributed by atoms with van der Waals surface area (Å²) in [4.78, 5) is 14.3. The lowest BCUT2D eigenvalue weighted by Crippen LogP contribution is -2.35. The van der Waals surface area contributed by atoms with Crippen LogP contribution in [0.3, 0.4) is 0 Å². The molecule has 1 unspecified atom stereocenters. The number of thiophene rings is 1. The highest BCUT2D eigenvalue weighted by Gasteiger charge is 2.14. The van der Waals surface area contributed by atoms with Crippen molar-refractivity contribution in [2.24, 2.45) is 0 Å². The second kappa shape index (κ2) is 5.35. The van der Waals surface area contributed by atoms with Crippen molar-refractivity contribution in [1.29, 1.82) is 0 Å². The summed E-state index contributed by atoms with van der Waals surface area (Å²) in [6.07, 6.45) is 3.63. The summed E-state index contributed by atoms with van der Waals surface area (Å²) in [5, 5.41) is 7.12. The van der Waals surface area contributed by atoms with Crippen molar-refractivity contribution < 1.29 is 4.79 Å². The summed E-state index contributed by atoms with van der Waals surface area (Å²) in [6, 6.07) is 3.87. The Balaban J connectivity index is 1.97. The minimum atomic E-state index is -0.00324. The van der Waals surface area contributed by atoms with Gasteiger partial charge < -0.3 is 5.32 Å². The van der Waals surface area contributed by atoms with E-state index in [2.05, 4.69) is 10.4 Å². The van der Waals surface area contributed by atoms with E-state index in [0.29, 0.717) is 6.54 Å². The van der Waals surface area contributed by atoms with Crippen LogP contribution in [0.4, 0.5) is 0 Å². The van der Waals surface area contributed by atoms with Crippen LogP contribution in [-0.4, -0.2) is 21.7 Å². The molecule has 0 saturated heterocycles. The third kappa shape index (κ3) is 2.98. The second-order valence-electron chi connectivity index (χ2n) is 4.43. The topological polar surface area (TPSA) is 46.9 Å². The number of nitrogens with zero attached hydrogens (tertiary/aromatic N) is 2. The number of nitrogens with one attached hydrogen (secondary N) is 1. The van der Waals surface area contributed by atoms with E-state index in [1.54, 1.807) is 17.5 Å². The quantitative estimate of drug-likeness (QED) is 0.920. The number of aryl methyl sites for hydroxylation is 2. The first-order chi connectivity index (χ1) is 8.56. The van der Waals surface area contributed by atoms with Gasteiger partial charge in [-0.25, -0.2) is 0 Å². The molecule has 0 aromatic carbocycles. The Morgan fingerprint density at radius 2 is 2.33 bits per heavy atom. The van der Waals surface area contributed by atoms with Crippen molar-refractivity contribution in [1.82, 2.24) is 15.1 Å².